The number of likely N-dealkylation sites (N-methyl/N-ethyl adjacent to an activating group) is 1. The number of hydrogen-bond donors (Lipinski definition) is 2. The summed E-state index contributed by atoms with van der Waals surface area (Å²) < 4.78 is 6.09. The van der Waals surface area contributed by atoms with E-state index in [1.54, 1.807) is 6.07 Å². The minimum atomic E-state index is -0.594. The molecular formula is C19H24ClNO3. The molecule has 1 fully saturated rings. The van der Waals surface area contributed by atoms with Crippen LogP contribution in [0.25, 0.3) is 0 Å². The van der Waals surface area contributed by atoms with Crippen LogP contribution in [0.5, 0.6) is 11.5 Å². The van der Waals surface area contributed by atoms with Gasteiger partial charge in [-0.1, -0.05) is 25.1 Å². The fourth-order valence-corrected chi connectivity index (χ4v) is 5.24. The second kappa shape index (κ2) is 5.65. The minimum absolute atomic E-state index is 0.160. The van der Waals surface area contributed by atoms with Gasteiger partial charge in [0.25, 0.3) is 0 Å². The van der Waals surface area contributed by atoms with Crippen LogP contribution in [0.2, 0.25) is 0 Å². The highest BCUT2D eigenvalue weighted by Gasteiger charge is 2.64. The van der Waals surface area contributed by atoms with Gasteiger partial charge in [0.05, 0.1) is 0 Å². The third kappa shape index (κ3) is 1.94. The van der Waals surface area contributed by atoms with Crippen LogP contribution in [-0.2, 0) is 11.8 Å². The molecule has 4 nitrogen and oxygen atoms in total. The van der Waals surface area contributed by atoms with Crippen molar-refractivity contribution >= 4 is 11.6 Å². The molecular weight excluding hydrogens is 326 g/mol. The van der Waals surface area contributed by atoms with Crippen LogP contribution in [0.4, 0.5) is 0 Å². The number of likely N-dealkylation sites (tertiary alicyclic amines) is 1. The lowest BCUT2D eigenvalue weighted by Crippen LogP contribution is -2.64. The van der Waals surface area contributed by atoms with E-state index < -0.39 is 6.10 Å². The Labute approximate surface area is 147 Å². The molecule has 0 unspecified atom stereocenters. The van der Waals surface area contributed by atoms with Crippen LogP contribution in [0, 0.1) is 5.92 Å². The average Bonchev–Trinajstić information content (AvgIpc) is 2.91. The molecule has 0 amide bonds. The molecule has 130 valence electrons. The third-order valence-electron chi connectivity index (χ3n) is 6.15. The summed E-state index contributed by atoms with van der Waals surface area (Å²) in [4.78, 5) is 2.43. The van der Waals surface area contributed by atoms with E-state index >= 15 is 0 Å². The number of aromatic hydroxyl groups is 1. The highest BCUT2D eigenvalue weighted by atomic mass is 35.5. The molecule has 24 heavy (non-hydrogen) atoms. The van der Waals surface area contributed by atoms with Gasteiger partial charge in [-0.2, -0.15) is 0 Å². The lowest BCUT2D eigenvalue weighted by molar-refractivity contribution is -0.0453. The van der Waals surface area contributed by atoms with Gasteiger partial charge in [-0.3, -0.25) is 0 Å². The first-order chi connectivity index (χ1) is 11.5. The van der Waals surface area contributed by atoms with Crippen molar-refractivity contribution in [3.8, 4) is 11.5 Å². The lowest BCUT2D eigenvalue weighted by Gasteiger charge is -2.56. The van der Waals surface area contributed by atoms with Gasteiger partial charge in [-0.05, 0) is 38.1 Å². The van der Waals surface area contributed by atoms with Crippen molar-refractivity contribution in [1.82, 2.24) is 4.90 Å². The topological polar surface area (TPSA) is 52.9 Å². The molecule has 0 aromatic heterocycles. The number of aliphatic hydroxyl groups is 1. The van der Waals surface area contributed by atoms with Crippen molar-refractivity contribution in [1.29, 1.82) is 0 Å². The van der Waals surface area contributed by atoms with E-state index in [1.807, 2.05) is 19.1 Å². The Kier molecular flexibility index (Phi) is 3.83. The van der Waals surface area contributed by atoms with E-state index in [0.29, 0.717) is 17.7 Å². The van der Waals surface area contributed by atoms with E-state index in [-0.39, 0.29) is 17.3 Å². The Hall–Kier alpha value is -1.23. The Morgan fingerprint density at radius 1 is 1.38 bits per heavy atom. The van der Waals surface area contributed by atoms with E-state index in [0.717, 1.165) is 25.3 Å². The summed E-state index contributed by atoms with van der Waals surface area (Å²) in [5.41, 5.74) is 2.29. The van der Waals surface area contributed by atoms with Crippen molar-refractivity contribution in [3.63, 3.8) is 0 Å². The summed E-state index contributed by atoms with van der Waals surface area (Å²) in [6, 6.07) is 4.23. The van der Waals surface area contributed by atoms with E-state index in [4.69, 9.17) is 16.3 Å². The van der Waals surface area contributed by atoms with Gasteiger partial charge < -0.3 is 19.8 Å². The summed E-state index contributed by atoms with van der Waals surface area (Å²) in [5.74, 6) is 1.91. The van der Waals surface area contributed by atoms with Crippen molar-refractivity contribution in [3.05, 3.63) is 35.4 Å². The zero-order chi connectivity index (χ0) is 17.1. The Morgan fingerprint density at radius 3 is 2.88 bits per heavy atom. The fraction of sp³-hybridized carbons (Fsp3) is 0.579. The van der Waals surface area contributed by atoms with Gasteiger partial charge in [0.2, 0.25) is 0 Å². The highest BCUT2D eigenvalue weighted by molar-refractivity contribution is 6.17. The smallest absolute Gasteiger partial charge is 0.165 e. The number of alkyl halides is 1. The number of phenols is 1. The molecule has 0 saturated carbocycles. The predicted molar refractivity (Wildman–Crippen MR) is 94.0 cm³/mol. The molecule has 5 heteroatoms. The molecule has 1 aromatic carbocycles. The van der Waals surface area contributed by atoms with Gasteiger partial charge in [0.15, 0.2) is 11.5 Å². The summed E-state index contributed by atoms with van der Waals surface area (Å²) in [6.07, 6.45) is 5.18. The second-order valence-corrected chi connectivity index (χ2v) is 7.73. The molecule has 5 rings (SSSR count). The maximum absolute atomic E-state index is 10.4. The van der Waals surface area contributed by atoms with Crippen molar-refractivity contribution in [2.75, 3.05) is 19.5 Å². The highest BCUT2D eigenvalue weighted by Crippen LogP contribution is 2.62. The number of ether oxygens (including phenoxy) is 1. The minimum Gasteiger partial charge on any atom is -0.504 e. The molecule has 0 radical (unpaired) electrons. The Morgan fingerprint density at radius 2 is 2.12 bits per heavy atom. The van der Waals surface area contributed by atoms with Gasteiger partial charge in [-0.15, -0.1) is 11.6 Å². The van der Waals surface area contributed by atoms with Crippen molar-refractivity contribution in [2.24, 2.45) is 5.92 Å². The quantitative estimate of drug-likeness (QED) is 0.558. The number of rotatable bonds is 0. The molecule has 2 N–H and O–H groups in total. The van der Waals surface area contributed by atoms with Crippen LogP contribution in [0.1, 0.15) is 24.5 Å². The first-order valence-electron chi connectivity index (χ1n) is 8.69. The number of benzene rings is 1. The van der Waals surface area contributed by atoms with E-state index in [2.05, 4.69) is 18.0 Å². The SMILES string of the molecule is CCCl.CN1CC[C@]23c4c5ccc(O)c4O[C@H]2[C@@H](O)C=C[C@H]3[C@H]1C5. The van der Waals surface area contributed by atoms with Crippen molar-refractivity contribution < 1.29 is 14.9 Å². The van der Waals surface area contributed by atoms with Crippen LogP contribution in [0.3, 0.4) is 0 Å². The summed E-state index contributed by atoms with van der Waals surface area (Å²) in [6.45, 7) is 2.90. The zero-order valence-corrected chi connectivity index (χ0v) is 14.8. The predicted octanol–water partition coefficient (Wildman–Crippen LogP) is 2.44. The third-order valence-corrected chi connectivity index (χ3v) is 6.15. The van der Waals surface area contributed by atoms with Crippen molar-refractivity contribution in [2.45, 2.75) is 43.4 Å². The Balaban J connectivity index is 0.000000455. The molecule has 1 saturated heterocycles. The fourth-order valence-electron chi connectivity index (χ4n) is 5.24. The normalized spacial score (nSPS) is 38.0. The molecule has 2 heterocycles. The van der Waals surface area contributed by atoms with Gasteiger partial charge in [0, 0.05) is 28.8 Å². The van der Waals surface area contributed by atoms with Crippen LogP contribution < -0.4 is 4.74 Å². The number of phenolic OH excluding ortho intramolecular Hbond substituents is 1. The molecule has 2 aliphatic carbocycles. The van der Waals surface area contributed by atoms with Gasteiger partial charge in [0.1, 0.15) is 12.2 Å². The summed E-state index contributed by atoms with van der Waals surface area (Å²) >= 11 is 5.00. The standard InChI is InChI=1S/C17H19NO3.C2H5Cl/c1-18-7-6-17-10-3-5-13(20)16(17)21-15-12(19)4-2-9(14(15)17)8-11(10)18;1-2-3/h2-5,10-11,13,16,19-20H,6-8H2,1H3;2H2,1H3/t10-,11+,13-,16-,17-;/m0./s1. The van der Waals surface area contributed by atoms with E-state index in [9.17, 15) is 10.2 Å². The molecule has 4 aliphatic rings. The molecule has 1 spiro atoms. The maximum Gasteiger partial charge on any atom is 0.165 e. The van der Waals surface area contributed by atoms with E-state index in [1.165, 1.54) is 11.1 Å². The van der Waals surface area contributed by atoms with Gasteiger partial charge >= 0.3 is 0 Å². The number of nitrogens with zero attached hydrogens (tertiary/aromatic N) is 1. The van der Waals surface area contributed by atoms with Gasteiger partial charge in [-0.25, -0.2) is 0 Å². The number of aliphatic hydroxyl groups excluding tert-OH is 1. The zero-order valence-electron chi connectivity index (χ0n) is 14.1. The number of piperidine rings is 1. The average molecular weight is 350 g/mol. The van der Waals surface area contributed by atoms with Crippen LogP contribution in [-0.4, -0.2) is 52.8 Å². The monoisotopic (exact) mass is 349 g/mol. The second-order valence-electron chi connectivity index (χ2n) is 7.20. The first-order valence-corrected chi connectivity index (χ1v) is 9.22. The molecule has 5 atom stereocenters. The first kappa shape index (κ1) is 16.2. The Bertz CT molecular complexity index is 691. The summed E-state index contributed by atoms with van der Waals surface area (Å²) in [5, 5.41) is 20.6. The largest absolute Gasteiger partial charge is 0.504 e. The summed E-state index contributed by atoms with van der Waals surface area (Å²) in [7, 11) is 2.19. The maximum atomic E-state index is 10.4. The lowest BCUT2D eigenvalue weighted by atomic mass is 9.53. The molecule has 1 aromatic rings. The molecule has 2 aliphatic heterocycles. The number of hydrogen-bond acceptors (Lipinski definition) is 4. The number of halogens is 1. The van der Waals surface area contributed by atoms with Crippen LogP contribution in [0.15, 0.2) is 24.3 Å². The molecule has 2 bridgehead atoms. The van der Waals surface area contributed by atoms with Crippen LogP contribution >= 0.6 is 11.6 Å².